The second-order valence-electron chi connectivity index (χ2n) is 6.09. The van der Waals surface area contributed by atoms with Crippen molar-refractivity contribution in [3.8, 4) is 0 Å². The Labute approximate surface area is 173 Å². The molecule has 0 radical (unpaired) electrons. The van der Waals surface area contributed by atoms with Gasteiger partial charge in [-0.25, -0.2) is 0 Å². The molecule has 3 rings (SSSR count). The fourth-order valence-electron chi connectivity index (χ4n) is 2.61. The van der Waals surface area contributed by atoms with Crippen LogP contribution in [0.15, 0.2) is 59.8 Å². The average Bonchev–Trinajstić information content (AvgIpc) is 3.09. The first kappa shape index (κ1) is 20.2. The summed E-state index contributed by atoms with van der Waals surface area (Å²) >= 11 is 7.58. The molecule has 0 fully saturated rings. The molecule has 0 spiro atoms. The molecule has 1 atom stereocenters. The lowest BCUT2D eigenvalue weighted by Crippen LogP contribution is -2.23. The second kappa shape index (κ2) is 9.61. The highest BCUT2D eigenvalue weighted by atomic mass is 35.5. The smallest absolute Gasteiger partial charge is 0.237 e. The molecule has 28 heavy (non-hydrogen) atoms. The molecule has 2 aromatic carbocycles. The van der Waals surface area contributed by atoms with Crippen LogP contribution in [-0.2, 0) is 17.9 Å². The van der Waals surface area contributed by atoms with Crippen molar-refractivity contribution in [1.29, 1.82) is 0 Å². The zero-order valence-corrected chi connectivity index (χ0v) is 17.3. The summed E-state index contributed by atoms with van der Waals surface area (Å²) in [6, 6.07) is 17.0. The summed E-state index contributed by atoms with van der Waals surface area (Å²) in [7, 11) is 0. The maximum Gasteiger partial charge on any atom is 0.237 e. The van der Waals surface area contributed by atoms with Crippen molar-refractivity contribution in [3.05, 3.63) is 65.4 Å². The first-order chi connectivity index (χ1) is 13.6. The normalized spacial score (nSPS) is 11.8. The van der Waals surface area contributed by atoms with Gasteiger partial charge in [0.25, 0.3) is 0 Å². The lowest BCUT2D eigenvalue weighted by molar-refractivity contribution is -0.115. The summed E-state index contributed by atoms with van der Waals surface area (Å²) in [5.41, 5.74) is 1.63. The van der Waals surface area contributed by atoms with Crippen molar-refractivity contribution < 1.29 is 4.79 Å². The van der Waals surface area contributed by atoms with Gasteiger partial charge in [-0.15, -0.1) is 10.2 Å². The zero-order chi connectivity index (χ0) is 19.9. The molecule has 1 aromatic heterocycles. The van der Waals surface area contributed by atoms with Crippen LogP contribution in [-0.4, -0.2) is 25.9 Å². The molecule has 0 aliphatic rings. The number of hydrogen-bond donors (Lipinski definition) is 2. The van der Waals surface area contributed by atoms with Crippen molar-refractivity contribution in [3.63, 3.8) is 0 Å². The van der Waals surface area contributed by atoms with Crippen molar-refractivity contribution in [2.75, 3.05) is 10.6 Å². The predicted molar refractivity (Wildman–Crippen MR) is 115 cm³/mol. The summed E-state index contributed by atoms with van der Waals surface area (Å²) in [5.74, 6) is 0.721. The van der Waals surface area contributed by atoms with Gasteiger partial charge in [-0.2, -0.15) is 0 Å². The molecular weight excluding hydrogens is 394 g/mol. The maximum atomic E-state index is 12.5. The summed E-state index contributed by atoms with van der Waals surface area (Å²) < 4.78 is 2.00. The number of amides is 1. The minimum atomic E-state index is -0.306. The van der Waals surface area contributed by atoms with E-state index in [4.69, 9.17) is 11.6 Å². The van der Waals surface area contributed by atoms with E-state index < -0.39 is 0 Å². The fourth-order valence-corrected chi connectivity index (χ4v) is 3.74. The third-order valence-corrected chi connectivity index (χ3v) is 5.52. The monoisotopic (exact) mass is 415 g/mol. The Balaban J connectivity index is 1.64. The predicted octanol–water partition coefficient (Wildman–Crippen LogP) is 4.68. The van der Waals surface area contributed by atoms with E-state index >= 15 is 0 Å². The van der Waals surface area contributed by atoms with Gasteiger partial charge in [-0.05, 0) is 38.1 Å². The van der Waals surface area contributed by atoms with Crippen LogP contribution in [0.1, 0.15) is 19.7 Å². The summed E-state index contributed by atoms with van der Waals surface area (Å²) in [4.78, 5) is 12.5. The highest BCUT2D eigenvalue weighted by Gasteiger charge is 2.19. The van der Waals surface area contributed by atoms with Gasteiger partial charge in [-0.1, -0.05) is 53.7 Å². The molecule has 0 aliphatic carbocycles. The lowest BCUT2D eigenvalue weighted by atomic mass is 10.3. The Morgan fingerprint density at radius 2 is 1.86 bits per heavy atom. The molecule has 0 saturated carbocycles. The number of carbonyl (C=O) groups excluding carboxylic acids is 1. The number of para-hydroxylation sites is 2. The van der Waals surface area contributed by atoms with Gasteiger partial charge in [0.15, 0.2) is 11.0 Å². The van der Waals surface area contributed by atoms with E-state index in [9.17, 15) is 4.79 Å². The first-order valence-electron chi connectivity index (χ1n) is 9.01. The highest BCUT2D eigenvalue weighted by Crippen LogP contribution is 2.25. The molecule has 6 nitrogen and oxygen atoms in total. The fraction of sp³-hybridized carbons (Fsp3) is 0.250. The van der Waals surface area contributed by atoms with Crippen LogP contribution in [0.25, 0.3) is 0 Å². The minimum Gasteiger partial charge on any atom is -0.377 e. The molecule has 0 bridgehead atoms. The van der Waals surface area contributed by atoms with Gasteiger partial charge in [0.2, 0.25) is 5.91 Å². The summed E-state index contributed by atoms with van der Waals surface area (Å²) in [6.07, 6.45) is 0. The molecule has 0 unspecified atom stereocenters. The zero-order valence-electron chi connectivity index (χ0n) is 15.7. The Morgan fingerprint density at radius 1 is 1.14 bits per heavy atom. The van der Waals surface area contributed by atoms with E-state index in [0.717, 1.165) is 17.2 Å². The minimum absolute atomic E-state index is 0.0717. The Kier molecular flexibility index (Phi) is 6.95. The van der Waals surface area contributed by atoms with E-state index in [1.807, 2.05) is 73.0 Å². The van der Waals surface area contributed by atoms with Crippen LogP contribution in [0.5, 0.6) is 0 Å². The Hall–Kier alpha value is -2.51. The van der Waals surface area contributed by atoms with Crippen LogP contribution in [0.2, 0.25) is 5.02 Å². The van der Waals surface area contributed by atoms with Gasteiger partial charge in [-0.3, -0.25) is 4.79 Å². The van der Waals surface area contributed by atoms with Crippen molar-refractivity contribution in [1.82, 2.24) is 14.8 Å². The van der Waals surface area contributed by atoms with Gasteiger partial charge in [0, 0.05) is 12.2 Å². The number of hydrogen-bond acceptors (Lipinski definition) is 5. The van der Waals surface area contributed by atoms with Gasteiger partial charge in [0.05, 0.1) is 22.5 Å². The van der Waals surface area contributed by atoms with E-state index in [0.29, 0.717) is 23.3 Å². The molecule has 2 N–H and O–H groups in total. The van der Waals surface area contributed by atoms with Crippen LogP contribution >= 0.6 is 23.4 Å². The van der Waals surface area contributed by atoms with E-state index in [1.54, 1.807) is 0 Å². The molecule has 146 valence electrons. The second-order valence-corrected chi connectivity index (χ2v) is 7.81. The molecular formula is C20H22ClN5OS. The van der Waals surface area contributed by atoms with Crippen molar-refractivity contribution >= 4 is 40.6 Å². The lowest BCUT2D eigenvalue weighted by Gasteiger charge is -2.13. The number of aromatic nitrogens is 3. The van der Waals surface area contributed by atoms with Crippen LogP contribution < -0.4 is 10.6 Å². The Bertz CT molecular complexity index is 931. The molecule has 8 heteroatoms. The third-order valence-electron chi connectivity index (χ3n) is 4.11. The quantitative estimate of drug-likeness (QED) is 0.522. The molecule has 0 saturated heterocycles. The standard InChI is InChI=1S/C20H22ClN5OS/c1-3-26-18(13-22-17-12-8-7-11-16(17)21)24-25-20(26)28-14(2)19(27)23-15-9-5-4-6-10-15/h4-12,14,22H,3,13H2,1-2H3,(H,23,27)/t14-/m1/s1. The van der Waals surface area contributed by atoms with Gasteiger partial charge >= 0.3 is 0 Å². The van der Waals surface area contributed by atoms with Gasteiger partial charge < -0.3 is 15.2 Å². The number of benzene rings is 2. The molecule has 3 aromatic rings. The Morgan fingerprint density at radius 3 is 2.57 bits per heavy atom. The van der Waals surface area contributed by atoms with Crippen molar-refractivity contribution in [2.24, 2.45) is 0 Å². The van der Waals surface area contributed by atoms with E-state index in [2.05, 4.69) is 20.8 Å². The molecule has 1 heterocycles. The summed E-state index contributed by atoms with van der Waals surface area (Å²) in [5, 5.41) is 15.8. The number of nitrogens with one attached hydrogen (secondary N) is 2. The van der Waals surface area contributed by atoms with Gasteiger partial charge in [0.1, 0.15) is 0 Å². The summed E-state index contributed by atoms with van der Waals surface area (Å²) in [6.45, 7) is 5.10. The van der Waals surface area contributed by atoms with E-state index in [1.165, 1.54) is 11.8 Å². The number of nitrogens with zero attached hydrogens (tertiary/aromatic N) is 3. The highest BCUT2D eigenvalue weighted by molar-refractivity contribution is 8.00. The number of rotatable bonds is 8. The number of anilines is 2. The van der Waals surface area contributed by atoms with Crippen LogP contribution in [0.3, 0.4) is 0 Å². The van der Waals surface area contributed by atoms with Crippen molar-refractivity contribution in [2.45, 2.75) is 37.3 Å². The average molecular weight is 416 g/mol. The van der Waals surface area contributed by atoms with Crippen LogP contribution in [0.4, 0.5) is 11.4 Å². The largest absolute Gasteiger partial charge is 0.377 e. The first-order valence-corrected chi connectivity index (χ1v) is 10.3. The van der Waals surface area contributed by atoms with E-state index in [-0.39, 0.29) is 11.2 Å². The third kappa shape index (κ3) is 5.05. The topological polar surface area (TPSA) is 71.8 Å². The number of thioether (sulfide) groups is 1. The number of carbonyl (C=O) groups is 1. The molecule has 0 aliphatic heterocycles. The molecule has 1 amide bonds. The maximum absolute atomic E-state index is 12.5. The SMILES string of the molecule is CCn1c(CNc2ccccc2Cl)nnc1S[C@H](C)C(=O)Nc1ccccc1. The number of halogens is 1. The van der Waals surface area contributed by atoms with Crippen LogP contribution in [0, 0.1) is 0 Å².